The third-order valence-electron chi connectivity index (χ3n) is 2.64. The number of carboxylic acids is 1. The third kappa shape index (κ3) is 1.50. The maximum atomic E-state index is 11.3. The molecule has 6 heteroatoms. The molecule has 3 aromatic rings. The molecule has 5 nitrogen and oxygen atoms in total. The zero-order chi connectivity index (χ0) is 12.7. The SMILES string of the molecule is Cc1cnc2sc(C(=O)O)c(-c3ccccn3)n12. The predicted octanol–water partition coefficient (Wildman–Crippen LogP) is 2.46. The normalized spacial score (nSPS) is 10.9. The van der Waals surface area contributed by atoms with Crippen LogP contribution in [0.1, 0.15) is 15.4 Å². The number of aromatic carboxylic acids is 1. The van der Waals surface area contributed by atoms with Crippen molar-refractivity contribution in [2.45, 2.75) is 6.92 Å². The Morgan fingerprint density at radius 3 is 2.89 bits per heavy atom. The van der Waals surface area contributed by atoms with Crippen molar-refractivity contribution >= 4 is 22.3 Å². The van der Waals surface area contributed by atoms with E-state index >= 15 is 0 Å². The standard InChI is InChI=1S/C12H9N3O2S/c1-7-6-14-12-15(7)9(10(18-12)11(16)17)8-4-2-3-5-13-8/h2-6H,1H3,(H,16,17). The van der Waals surface area contributed by atoms with Gasteiger partial charge in [-0.3, -0.25) is 9.38 Å². The van der Waals surface area contributed by atoms with Gasteiger partial charge in [0.1, 0.15) is 4.88 Å². The van der Waals surface area contributed by atoms with E-state index in [9.17, 15) is 9.90 Å². The summed E-state index contributed by atoms with van der Waals surface area (Å²) >= 11 is 1.16. The maximum absolute atomic E-state index is 11.3. The molecule has 0 aromatic carbocycles. The van der Waals surface area contributed by atoms with Gasteiger partial charge in [0, 0.05) is 18.1 Å². The van der Waals surface area contributed by atoms with Crippen molar-refractivity contribution in [3.8, 4) is 11.4 Å². The zero-order valence-corrected chi connectivity index (χ0v) is 10.3. The van der Waals surface area contributed by atoms with Gasteiger partial charge in [0.05, 0.1) is 11.4 Å². The monoisotopic (exact) mass is 259 g/mol. The highest BCUT2D eigenvalue weighted by atomic mass is 32.1. The molecule has 0 spiro atoms. The summed E-state index contributed by atoms with van der Waals surface area (Å²) < 4.78 is 1.83. The second-order valence-electron chi connectivity index (χ2n) is 3.82. The van der Waals surface area contributed by atoms with Crippen molar-refractivity contribution in [1.82, 2.24) is 14.4 Å². The van der Waals surface area contributed by atoms with Gasteiger partial charge < -0.3 is 5.11 Å². The van der Waals surface area contributed by atoms with Gasteiger partial charge in [-0.1, -0.05) is 17.4 Å². The highest BCUT2D eigenvalue weighted by Gasteiger charge is 2.21. The van der Waals surface area contributed by atoms with E-state index in [-0.39, 0.29) is 4.88 Å². The number of aryl methyl sites for hydroxylation is 1. The quantitative estimate of drug-likeness (QED) is 0.767. The molecule has 0 atom stereocenters. The van der Waals surface area contributed by atoms with Gasteiger partial charge in [0.15, 0.2) is 4.96 Å². The fourth-order valence-electron chi connectivity index (χ4n) is 1.88. The Labute approximate surface area is 106 Å². The Bertz CT molecular complexity index is 730. The van der Waals surface area contributed by atoms with Crippen molar-refractivity contribution < 1.29 is 9.90 Å². The molecular weight excluding hydrogens is 250 g/mol. The Morgan fingerprint density at radius 1 is 1.39 bits per heavy atom. The van der Waals surface area contributed by atoms with Crippen LogP contribution in [0.3, 0.4) is 0 Å². The van der Waals surface area contributed by atoms with Crippen LogP contribution in [0.25, 0.3) is 16.3 Å². The largest absolute Gasteiger partial charge is 0.477 e. The van der Waals surface area contributed by atoms with Crippen LogP contribution >= 0.6 is 11.3 Å². The summed E-state index contributed by atoms with van der Waals surface area (Å²) in [6, 6.07) is 5.44. The molecule has 0 saturated carbocycles. The molecule has 0 fully saturated rings. The van der Waals surface area contributed by atoms with E-state index in [1.807, 2.05) is 17.4 Å². The number of aromatic nitrogens is 3. The van der Waals surface area contributed by atoms with Crippen LogP contribution in [0.4, 0.5) is 0 Å². The first-order valence-corrected chi connectivity index (χ1v) is 6.11. The molecule has 3 aromatic heterocycles. The summed E-state index contributed by atoms with van der Waals surface area (Å²) in [5.41, 5.74) is 2.13. The Kier molecular flexibility index (Phi) is 2.38. The summed E-state index contributed by atoms with van der Waals surface area (Å²) in [6.45, 7) is 1.89. The fourth-order valence-corrected chi connectivity index (χ4v) is 2.87. The van der Waals surface area contributed by atoms with Crippen LogP contribution < -0.4 is 0 Å². The average Bonchev–Trinajstić information content (AvgIpc) is 2.91. The molecule has 18 heavy (non-hydrogen) atoms. The molecule has 3 rings (SSSR count). The molecule has 90 valence electrons. The first kappa shape index (κ1) is 10.9. The molecule has 0 aliphatic rings. The highest BCUT2D eigenvalue weighted by Crippen LogP contribution is 2.31. The van der Waals surface area contributed by atoms with E-state index < -0.39 is 5.97 Å². The van der Waals surface area contributed by atoms with Gasteiger partial charge in [-0.2, -0.15) is 0 Å². The van der Waals surface area contributed by atoms with E-state index in [1.54, 1.807) is 24.5 Å². The van der Waals surface area contributed by atoms with Crippen molar-refractivity contribution in [3.05, 3.63) is 41.2 Å². The summed E-state index contributed by atoms with van der Waals surface area (Å²) in [5.74, 6) is -0.953. The summed E-state index contributed by atoms with van der Waals surface area (Å²) in [5, 5.41) is 9.28. The second kappa shape index (κ2) is 3.92. The van der Waals surface area contributed by atoms with Gasteiger partial charge in [0.2, 0.25) is 0 Å². The number of pyridine rings is 1. The minimum Gasteiger partial charge on any atom is -0.477 e. The lowest BCUT2D eigenvalue weighted by atomic mass is 10.2. The van der Waals surface area contributed by atoms with Crippen LogP contribution in [0.5, 0.6) is 0 Å². The van der Waals surface area contributed by atoms with Crippen molar-refractivity contribution in [2.75, 3.05) is 0 Å². The Balaban J connectivity index is 2.40. The molecule has 1 N–H and O–H groups in total. The average molecular weight is 259 g/mol. The van der Waals surface area contributed by atoms with Crippen molar-refractivity contribution in [2.24, 2.45) is 0 Å². The fraction of sp³-hybridized carbons (Fsp3) is 0.0833. The van der Waals surface area contributed by atoms with Crippen molar-refractivity contribution in [1.29, 1.82) is 0 Å². The first-order valence-electron chi connectivity index (χ1n) is 5.30. The number of imidazole rings is 1. The second-order valence-corrected chi connectivity index (χ2v) is 4.80. The Morgan fingerprint density at radius 2 is 2.22 bits per heavy atom. The summed E-state index contributed by atoms with van der Waals surface area (Å²) in [6.07, 6.45) is 3.38. The topological polar surface area (TPSA) is 67.5 Å². The lowest BCUT2D eigenvalue weighted by Gasteiger charge is -2.02. The van der Waals surface area contributed by atoms with Gasteiger partial charge in [-0.05, 0) is 19.1 Å². The number of rotatable bonds is 2. The van der Waals surface area contributed by atoms with E-state index in [0.29, 0.717) is 16.3 Å². The lowest BCUT2D eigenvalue weighted by molar-refractivity contribution is 0.0702. The van der Waals surface area contributed by atoms with Gasteiger partial charge in [0.25, 0.3) is 0 Å². The van der Waals surface area contributed by atoms with Crippen LogP contribution in [-0.4, -0.2) is 25.4 Å². The van der Waals surface area contributed by atoms with Crippen LogP contribution in [0.15, 0.2) is 30.6 Å². The van der Waals surface area contributed by atoms with Crippen LogP contribution in [-0.2, 0) is 0 Å². The van der Waals surface area contributed by atoms with Gasteiger partial charge >= 0.3 is 5.97 Å². The highest BCUT2D eigenvalue weighted by molar-refractivity contribution is 7.19. The van der Waals surface area contributed by atoms with Crippen molar-refractivity contribution in [3.63, 3.8) is 0 Å². The lowest BCUT2D eigenvalue weighted by Crippen LogP contribution is -1.99. The molecule has 3 heterocycles. The maximum Gasteiger partial charge on any atom is 0.348 e. The van der Waals surface area contributed by atoms with Gasteiger partial charge in [-0.15, -0.1) is 0 Å². The molecule has 0 unspecified atom stereocenters. The van der Waals surface area contributed by atoms with Crippen LogP contribution in [0, 0.1) is 6.92 Å². The number of nitrogens with zero attached hydrogens (tertiary/aromatic N) is 3. The third-order valence-corrected chi connectivity index (χ3v) is 3.68. The number of hydrogen-bond acceptors (Lipinski definition) is 4. The number of hydrogen-bond donors (Lipinski definition) is 1. The van der Waals surface area contributed by atoms with E-state index in [1.165, 1.54) is 0 Å². The van der Waals surface area contributed by atoms with E-state index in [2.05, 4.69) is 9.97 Å². The Hall–Kier alpha value is -2.21. The predicted molar refractivity (Wildman–Crippen MR) is 68.0 cm³/mol. The van der Waals surface area contributed by atoms with Gasteiger partial charge in [-0.25, -0.2) is 9.78 Å². The smallest absolute Gasteiger partial charge is 0.348 e. The minimum absolute atomic E-state index is 0.264. The van der Waals surface area contributed by atoms with Crippen LogP contribution in [0.2, 0.25) is 0 Å². The minimum atomic E-state index is -0.953. The number of carboxylic acid groups (broad SMARTS) is 1. The number of thiazole rings is 1. The molecule has 0 aliphatic carbocycles. The molecule has 0 saturated heterocycles. The molecule has 0 bridgehead atoms. The summed E-state index contributed by atoms with van der Waals surface area (Å²) in [4.78, 5) is 20.7. The summed E-state index contributed by atoms with van der Waals surface area (Å²) in [7, 11) is 0. The van der Waals surface area contributed by atoms with E-state index in [0.717, 1.165) is 17.0 Å². The number of carbonyl (C=O) groups is 1. The molecule has 0 radical (unpaired) electrons. The molecule has 0 aliphatic heterocycles. The molecule has 0 amide bonds. The first-order chi connectivity index (χ1) is 8.68. The van der Waals surface area contributed by atoms with E-state index in [4.69, 9.17) is 0 Å². The zero-order valence-electron chi connectivity index (χ0n) is 9.49. The molecular formula is C12H9N3O2S. The number of fused-ring (bicyclic) bond motifs is 1.